The molecule has 1 atom stereocenters. The number of anilines is 1. The first kappa shape index (κ1) is 22.6. The lowest BCUT2D eigenvalue weighted by atomic mass is 9.75. The van der Waals surface area contributed by atoms with Crippen LogP contribution < -0.4 is 16.3 Å². The van der Waals surface area contributed by atoms with E-state index in [4.69, 9.17) is 4.42 Å². The fraction of sp³-hybridized carbons (Fsp3) is 0.458. The van der Waals surface area contributed by atoms with Gasteiger partial charge in [0.15, 0.2) is 0 Å². The summed E-state index contributed by atoms with van der Waals surface area (Å²) in [5, 5.41) is 6.27. The number of carbonyl (C=O) groups is 2. The van der Waals surface area contributed by atoms with E-state index in [-0.39, 0.29) is 42.2 Å². The molecule has 0 radical (unpaired) electrons. The van der Waals surface area contributed by atoms with Crippen LogP contribution in [0.1, 0.15) is 58.8 Å². The second-order valence-electron chi connectivity index (χ2n) is 8.93. The minimum atomic E-state index is -0.756. The van der Waals surface area contributed by atoms with E-state index >= 15 is 0 Å². The first-order chi connectivity index (χ1) is 15.0. The molecule has 3 aliphatic rings. The van der Waals surface area contributed by atoms with E-state index in [0.29, 0.717) is 30.7 Å². The van der Waals surface area contributed by atoms with Crippen LogP contribution in [0.15, 0.2) is 39.5 Å². The van der Waals surface area contributed by atoms with E-state index in [1.807, 2.05) is 30.3 Å². The summed E-state index contributed by atoms with van der Waals surface area (Å²) in [7, 11) is 0. The first-order valence-corrected chi connectivity index (χ1v) is 11.1. The molecule has 2 saturated heterocycles. The van der Waals surface area contributed by atoms with Crippen molar-refractivity contribution < 1.29 is 14.0 Å². The molecule has 5 rings (SSSR count). The molecule has 2 amide bonds. The van der Waals surface area contributed by atoms with Gasteiger partial charge in [-0.2, -0.15) is 0 Å². The highest BCUT2D eigenvalue weighted by Gasteiger charge is 2.50. The van der Waals surface area contributed by atoms with Crippen molar-refractivity contribution in [3.63, 3.8) is 0 Å². The van der Waals surface area contributed by atoms with Crippen LogP contribution in [0.4, 0.5) is 5.69 Å². The molecule has 4 heterocycles. The Morgan fingerprint density at radius 1 is 1.19 bits per heavy atom. The maximum absolute atomic E-state index is 13.4. The van der Waals surface area contributed by atoms with Crippen LogP contribution in [-0.2, 0) is 10.2 Å². The number of para-hydroxylation sites is 1. The molecule has 1 aromatic carbocycles. The summed E-state index contributed by atoms with van der Waals surface area (Å²) in [6.07, 6.45) is 3.21. The number of fused-ring (bicyclic) bond motifs is 2. The summed E-state index contributed by atoms with van der Waals surface area (Å²) in [5.41, 5.74) is 1.14. The Morgan fingerprint density at radius 2 is 1.94 bits per heavy atom. The van der Waals surface area contributed by atoms with Crippen LogP contribution in [0, 0.1) is 6.92 Å². The second-order valence-corrected chi connectivity index (χ2v) is 8.93. The fourth-order valence-corrected chi connectivity index (χ4v) is 5.36. The average molecular weight is 458 g/mol. The highest BCUT2D eigenvalue weighted by molar-refractivity contribution is 6.07. The molecule has 0 bridgehead atoms. The quantitative estimate of drug-likeness (QED) is 0.723. The van der Waals surface area contributed by atoms with Gasteiger partial charge in [-0.05, 0) is 69.0 Å². The SMILES string of the molecule is Cc1cc(C2CCNCC2)oc(=O)c1C(=O)N1CCCC2(C1)C(=O)Nc1ccccc12.Cl. The minimum Gasteiger partial charge on any atom is -0.427 e. The highest BCUT2D eigenvalue weighted by Crippen LogP contribution is 2.43. The van der Waals surface area contributed by atoms with E-state index in [1.165, 1.54) is 0 Å². The van der Waals surface area contributed by atoms with Gasteiger partial charge in [-0.1, -0.05) is 18.2 Å². The van der Waals surface area contributed by atoms with Crippen LogP contribution in [-0.4, -0.2) is 42.9 Å². The number of aryl methyl sites for hydroxylation is 1. The van der Waals surface area contributed by atoms with Gasteiger partial charge in [0.1, 0.15) is 11.3 Å². The Balaban J connectivity index is 0.00000245. The number of amides is 2. The number of rotatable bonds is 2. The third-order valence-electron chi connectivity index (χ3n) is 7.03. The van der Waals surface area contributed by atoms with Crippen molar-refractivity contribution in [1.29, 1.82) is 0 Å². The molecular weight excluding hydrogens is 430 g/mol. The van der Waals surface area contributed by atoms with Crippen LogP contribution >= 0.6 is 12.4 Å². The summed E-state index contributed by atoms with van der Waals surface area (Å²) in [4.78, 5) is 40.8. The Kier molecular flexibility index (Phi) is 6.14. The number of likely N-dealkylation sites (tertiary alicyclic amines) is 1. The summed E-state index contributed by atoms with van der Waals surface area (Å²) in [5.74, 6) is 0.448. The molecule has 3 aliphatic heterocycles. The zero-order valence-electron chi connectivity index (χ0n) is 18.1. The number of piperidine rings is 2. The number of hydrogen-bond acceptors (Lipinski definition) is 5. The monoisotopic (exact) mass is 457 g/mol. The molecule has 1 spiro atoms. The van der Waals surface area contributed by atoms with E-state index in [9.17, 15) is 14.4 Å². The third kappa shape index (κ3) is 3.63. The van der Waals surface area contributed by atoms with Crippen molar-refractivity contribution in [1.82, 2.24) is 10.2 Å². The van der Waals surface area contributed by atoms with Crippen LogP contribution in [0.5, 0.6) is 0 Å². The molecule has 2 N–H and O–H groups in total. The van der Waals surface area contributed by atoms with Gasteiger partial charge in [0.05, 0.1) is 5.41 Å². The van der Waals surface area contributed by atoms with Gasteiger partial charge in [-0.25, -0.2) is 4.79 Å². The normalized spacial score (nSPS) is 22.9. The zero-order chi connectivity index (χ0) is 21.6. The maximum Gasteiger partial charge on any atom is 0.349 e. The molecule has 2 aromatic rings. The van der Waals surface area contributed by atoms with Crippen molar-refractivity contribution in [2.75, 3.05) is 31.5 Å². The standard InChI is InChI=1S/C24H27N3O4.ClH/c1-15-13-19(16-7-10-25-11-8-16)31-22(29)20(15)21(28)27-12-4-9-24(14-27)17-5-2-3-6-18(17)26-23(24)30;/h2-3,5-6,13,16,25H,4,7-12,14H2,1H3,(H,26,30);1H. The Labute approximate surface area is 193 Å². The smallest absolute Gasteiger partial charge is 0.349 e. The Morgan fingerprint density at radius 3 is 2.69 bits per heavy atom. The van der Waals surface area contributed by atoms with Crippen molar-refractivity contribution in [3.8, 4) is 0 Å². The summed E-state index contributed by atoms with van der Waals surface area (Å²) >= 11 is 0. The van der Waals surface area contributed by atoms with E-state index < -0.39 is 11.0 Å². The van der Waals surface area contributed by atoms with Crippen molar-refractivity contribution >= 4 is 29.9 Å². The van der Waals surface area contributed by atoms with Crippen LogP contribution in [0.3, 0.4) is 0 Å². The van der Waals surface area contributed by atoms with Gasteiger partial charge in [-0.15, -0.1) is 12.4 Å². The lowest BCUT2D eigenvalue weighted by molar-refractivity contribution is -0.122. The lowest BCUT2D eigenvalue weighted by Gasteiger charge is -2.39. The molecule has 0 saturated carbocycles. The van der Waals surface area contributed by atoms with Gasteiger partial charge < -0.3 is 20.0 Å². The Bertz CT molecular complexity index is 1110. The van der Waals surface area contributed by atoms with Gasteiger partial charge in [0.2, 0.25) is 5.91 Å². The molecule has 32 heavy (non-hydrogen) atoms. The number of carbonyl (C=O) groups excluding carboxylic acids is 2. The number of nitrogens with one attached hydrogen (secondary N) is 2. The van der Waals surface area contributed by atoms with Crippen molar-refractivity contribution in [2.24, 2.45) is 0 Å². The molecular formula is C24H28ClN3O4. The van der Waals surface area contributed by atoms with Gasteiger partial charge in [0, 0.05) is 24.7 Å². The fourth-order valence-electron chi connectivity index (χ4n) is 5.36. The van der Waals surface area contributed by atoms with E-state index in [2.05, 4.69) is 10.6 Å². The first-order valence-electron chi connectivity index (χ1n) is 11.1. The second kappa shape index (κ2) is 8.71. The van der Waals surface area contributed by atoms with Gasteiger partial charge >= 0.3 is 5.63 Å². The molecule has 1 aromatic heterocycles. The van der Waals surface area contributed by atoms with E-state index in [0.717, 1.165) is 37.2 Å². The predicted octanol–water partition coefficient (Wildman–Crippen LogP) is 2.96. The van der Waals surface area contributed by atoms with E-state index in [1.54, 1.807) is 11.8 Å². The highest BCUT2D eigenvalue weighted by atomic mass is 35.5. The average Bonchev–Trinajstić information content (AvgIpc) is 3.04. The molecule has 8 heteroatoms. The summed E-state index contributed by atoms with van der Waals surface area (Å²) < 4.78 is 5.62. The molecule has 170 valence electrons. The minimum absolute atomic E-state index is 0. The van der Waals surface area contributed by atoms with Crippen LogP contribution in [0.2, 0.25) is 0 Å². The number of benzene rings is 1. The molecule has 0 aliphatic carbocycles. The largest absolute Gasteiger partial charge is 0.427 e. The maximum atomic E-state index is 13.4. The van der Waals surface area contributed by atoms with Gasteiger partial charge in [0.25, 0.3) is 5.91 Å². The third-order valence-corrected chi connectivity index (χ3v) is 7.03. The van der Waals surface area contributed by atoms with Crippen molar-refractivity contribution in [2.45, 2.75) is 43.9 Å². The molecule has 2 fully saturated rings. The van der Waals surface area contributed by atoms with Gasteiger partial charge in [-0.3, -0.25) is 9.59 Å². The lowest BCUT2D eigenvalue weighted by Crippen LogP contribution is -2.52. The zero-order valence-corrected chi connectivity index (χ0v) is 18.9. The van der Waals surface area contributed by atoms with Crippen LogP contribution in [0.25, 0.3) is 0 Å². The summed E-state index contributed by atoms with van der Waals surface area (Å²) in [6, 6.07) is 9.50. The number of halogens is 1. The molecule has 1 unspecified atom stereocenters. The number of nitrogens with zero attached hydrogens (tertiary/aromatic N) is 1. The molecule has 7 nitrogen and oxygen atoms in total. The number of hydrogen-bond donors (Lipinski definition) is 2. The predicted molar refractivity (Wildman–Crippen MR) is 124 cm³/mol. The topological polar surface area (TPSA) is 91.7 Å². The Hall–Kier alpha value is -2.64. The summed E-state index contributed by atoms with van der Waals surface area (Å²) in [6.45, 7) is 4.38. The van der Waals surface area contributed by atoms with Crippen molar-refractivity contribution in [3.05, 3.63) is 63.2 Å².